The number of fused-ring (bicyclic) bond motifs is 5. The van der Waals surface area contributed by atoms with Crippen LogP contribution in [0, 0.1) is 11.6 Å². The topological polar surface area (TPSA) is 54.5 Å². The first-order valence-electron chi connectivity index (χ1n) is 9.73. The number of halogens is 2. The Kier molecular flexibility index (Phi) is 4.27. The fourth-order valence-corrected chi connectivity index (χ4v) is 4.82. The van der Waals surface area contributed by atoms with Crippen LogP contribution in [0.25, 0.3) is 0 Å². The smallest absolute Gasteiger partial charge is 0.255 e. The molecule has 2 aromatic rings. The summed E-state index contributed by atoms with van der Waals surface area (Å²) < 4.78 is 32.2. The van der Waals surface area contributed by atoms with E-state index in [1.165, 1.54) is 6.07 Å². The van der Waals surface area contributed by atoms with Crippen LogP contribution < -0.4 is 5.32 Å². The predicted molar refractivity (Wildman–Crippen MR) is 99.9 cm³/mol. The van der Waals surface area contributed by atoms with Gasteiger partial charge in [-0.25, -0.2) is 13.8 Å². The molecule has 1 saturated heterocycles. The van der Waals surface area contributed by atoms with Crippen molar-refractivity contribution in [2.75, 3.05) is 31.6 Å². The van der Waals surface area contributed by atoms with Crippen LogP contribution in [0.5, 0.6) is 0 Å². The molecule has 2 aliphatic carbocycles. The first kappa shape index (κ1) is 17.6. The van der Waals surface area contributed by atoms with E-state index in [1.54, 1.807) is 6.20 Å². The van der Waals surface area contributed by atoms with Gasteiger partial charge in [-0.15, -0.1) is 0 Å². The van der Waals surface area contributed by atoms with Gasteiger partial charge in [0.25, 0.3) is 5.91 Å². The zero-order chi connectivity index (χ0) is 19.3. The molecule has 1 aromatic carbocycles. The molecule has 1 amide bonds. The quantitative estimate of drug-likeness (QED) is 0.870. The van der Waals surface area contributed by atoms with Gasteiger partial charge in [0.1, 0.15) is 5.82 Å². The fourth-order valence-electron chi connectivity index (χ4n) is 4.82. The van der Waals surface area contributed by atoms with Gasteiger partial charge in [-0.05, 0) is 48.8 Å². The lowest BCUT2D eigenvalue weighted by atomic mass is 9.88. The number of rotatable bonds is 3. The summed E-state index contributed by atoms with van der Waals surface area (Å²) in [5.41, 5.74) is 3.29. The van der Waals surface area contributed by atoms with Crippen molar-refractivity contribution >= 4 is 17.4 Å². The lowest BCUT2D eigenvalue weighted by molar-refractivity contribution is 0.0301. The monoisotopic (exact) mass is 385 g/mol. The number of anilines is 2. The maximum Gasteiger partial charge on any atom is 0.255 e. The third kappa shape index (κ3) is 2.85. The van der Waals surface area contributed by atoms with Gasteiger partial charge >= 0.3 is 0 Å². The summed E-state index contributed by atoms with van der Waals surface area (Å²) in [7, 11) is 0. The van der Waals surface area contributed by atoms with E-state index in [0.717, 1.165) is 42.5 Å². The molecule has 1 N–H and O–H groups in total. The molecule has 1 saturated carbocycles. The number of nitrogens with zero attached hydrogens (tertiary/aromatic N) is 2. The number of carbonyl (C=O) groups is 1. The van der Waals surface area contributed by atoms with E-state index in [4.69, 9.17) is 4.74 Å². The molecule has 2 bridgehead atoms. The van der Waals surface area contributed by atoms with Crippen LogP contribution >= 0.6 is 0 Å². The zero-order valence-corrected chi connectivity index (χ0v) is 15.4. The average Bonchev–Trinajstić information content (AvgIpc) is 3.34. The maximum atomic E-state index is 13.6. The number of hydrogen-bond donors (Lipinski definition) is 1. The van der Waals surface area contributed by atoms with Crippen LogP contribution in [0.15, 0.2) is 24.4 Å². The number of benzene rings is 1. The third-order valence-corrected chi connectivity index (χ3v) is 6.12. The van der Waals surface area contributed by atoms with Gasteiger partial charge in [0.15, 0.2) is 11.6 Å². The van der Waals surface area contributed by atoms with E-state index in [-0.39, 0.29) is 5.91 Å². The third-order valence-electron chi connectivity index (χ3n) is 6.12. The molecule has 2 atom stereocenters. The van der Waals surface area contributed by atoms with Gasteiger partial charge in [-0.2, -0.15) is 0 Å². The number of nitrogens with one attached hydrogen (secondary N) is 1. The Morgan fingerprint density at radius 1 is 1.11 bits per heavy atom. The standard InChI is InChI=1S/C21H21F2N3O2/c22-16-4-3-14(10-17(16)23)25-20-19-13-2-1-12(9-13)18(19)15(11-24-20)21(27)26-5-7-28-8-6-26/h3-4,10-13H,1-2,5-9H2,(H,24,25). The van der Waals surface area contributed by atoms with Crippen LogP contribution in [-0.2, 0) is 4.74 Å². The molecule has 5 rings (SSSR count). The van der Waals surface area contributed by atoms with Crippen molar-refractivity contribution in [2.45, 2.75) is 31.1 Å². The minimum atomic E-state index is -0.901. The van der Waals surface area contributed by atoms with Crippen LogP contribution in [0.1, 0.15) is 52.6 Å². The summed E-state index contributed by atoms with van der Waals surface area (Å²) in [4.78, 5) is 19.5. The Morgan fingerprint density at radius 2 is 1.86 bits per heavy atom. The summed E-state index contributed by atoms with van der Waals surface area (Å²) >= 11 is 0. The van der Waals surface area contributed by atoms with Crippen molar-refractivity contribution in [1.29, 1.82) is 0 Å². The average molecular weight is 385 g/mol. The molecule has 0 spiro atoms. The van der Waals surface area contributed by atoms with Crippen LogP contribution in [0.4, 0.5) is 20.3 Å². The van der Waals surface area contributed by atoms with Crippen LogP contribution in [0.2, 0.25) is 0 Å². The Morgan fingerprint density at radius 3 is 2.61 bits per heavy atom. The highest BCUT2D eigenvalue weighted by atomic mass is 19.2. The number of pyridine rings is 1. The minimum absolute atomic E-state index is 0.0129. The van der Waals surface area contributed by atoms with Gasteiger partial charge in [0.2, 0.25) is 0 Å². The Labute approximate surface area is 161 Å². The van der Waals surface area contributed by atoms with Crippen LogP contribution in [-0.4, -0.2) is 42.1 Å². The second-order valence-corrected chi connectivity index (χ2v) is 7.71. The molecule has 2 heterocycles. The summed E-state index contributed by atoms with van der Waals surface area (Å²) in [6.45, 7) is 2.31. The van der Waals surface area contributed by atoms with Gasteiger partial charge in [-0.3, -0.25) is 4.79 Å². The van der Waals surface area contributed by atoms with E-state index in [1.807, 2.05) is 4.90 Å². The highest BCUT2D eigenvalue weighted by Crippen LogP contribution is 2.56. The highest BCUT2D eigenvalue weighted by Gasteiger charge is 2.42. The normalized spacial score (nSPS) is 23.0. The lowest BCUT2D eigenvalue weighted by Crippen LogP contribution is -2.41. The molecule has 5 nitrogen and oxygen atoms in total. The summed E-state index contributed by atoms with van der Waals surface area (Å²) in [6, 6.07) is 3.72. The molecule has 2 unspecified atom stereocenters. The van der Waals surface area contributed by atoms with Gasteiger partial charge in [0, 0.05) is 36.6 Å². The van der Waals surface area contributed by atoms with E-state index in [0.29, 0.717) is 55.2 Å². The fraction of sp³-hybridized carbons (Fsp3) is 0.429. The Balaban J connectivity index is 1.52. The largest absolute Gasteiger partial charge is 0.378 e. The first-order chi connectivity index (χ1) is 13.6. The van der Waals surface area contributed by atoms with Crippen LogP contribution in [0.3, 0.4) is 0 Å². The minimum Gasteiger partial charge on any atom is -0.378 e. The van der Waals surface area contributed by atoms with Crippen molar-refractivity contribution < 1.29 is 18.3 Å². The molecule has 28 heavy (non-hydrogen) atoms. The molecular weight excluding hydrogens is 364 g/mol. The van der Waals surface area contributed by atoms with E-state index in [2.05, 4.69) is 10.3 Å². The van der Waals surface area contributed by atoms with Crippen molar-refractivity contribution in [3.8, 4) is 0 Å². The lowest BCUT2D eigenvalue weighted by Gasteiger charge is -2.29. The molecule has 146 valence electrons. The summed E-state index contributed by atoms with van der Waals surface area (Å²) in [6.07, 6.45) is 4.81. The van der Waals surface area contributed by atoms with Gasteiger partial charge < -0.3 is 15.0 Å². The highest BCUT2D eigenvalue weighted by molar-refractivity contribution is 5.97. The van der Waals surface area contributed by atoms with Gasteiger partial charge in [-0.1, -0.05) is 0 Å². The van der Waals surface area contributed by atoms with Gasteiger partial charge in [0.05, 0.1) is 18.8 Å². The maximum absolute atomic E-state index is 13.6. The Hall–Kier alpha value is -2.54. The number of amides is 1. The molecular formula is C21H21F2N3O2. The zero-order valence-electron chi connectivity index (χ0n) is 15.4. The number of aromatic nitrogens is 1. The molecule has 0 radical (unpaired) electrons. The van der Waals surface area contributed by atoms with Crippen molar-refractivity contribution in [3.63, 3.8) is 0 Å². The number of morpholine rings is 1. The number of hydrogen-bond acceptors (Lipinski definition) is 4. The SMILES string of the molecule is O=C(c1cnc(Nc2ccc(F)c(F)c2)c2c1C1CCC2C1)N1CCOCC1. The molecule has 7 heteroatoms. The molecule has 1 aromatic heterocycles. The number of ether oxygens (including phenoxy) is 1. The van der Waals surface area contributed by atoms with E-state index in [9.17, 15) is 13.6 Å². The van der Waals surface area contributed by atoms with Crippen molar-refractivity contribution in [2.24, 2.45) is 0 Å². The number of carbonyl (C=O) groups excluding carboxylic acids is 1. The Bertz CT molecular complexity index is 943. The second-order valence-electron chi connectivity index (χ2n) is 7.71. The molecule has 3 aliphatic rings. The van der Waals surface area contributed by atoms with Crippen molar-refractivity contribution in [3.05, 3.63) is 52.7 Å². The second kappa shape index (κ2) is 6.81. The molecule has 2 fully saturated rings. The van der Waals surface area contributed by atoms with E-state index < -0.39 is 11.6 Å². The van der Waals surface area contributed by atoms with Crippen molar-refractivity contribution in [1.82, 2.24) is 9.88 Å². The predicted octanol–water partition coefficient (Wildman–Crippen LogP) is 3.94. The van der Waals surface area contributed by atoms with E-state index >= 15 is 0 Å². The summed E-state index contributed by atoms with van der Waals surface area (Å²) in [5.74, 6) is -0.395. The summed E-state index contributed by atoms with van der Waals surface area (Å²) in [5, 5.41) is 3.14. The first-order valence-corrected chi connectivity index (χ1v) is 9.73. The molecule has 1 aliphatic heterocycles.